The van der Waals surface area contributed by atoms with Gasteiger partial charge in [0, 0.05) is 6.04 Å². The third-order valence-electron chi connectivity index (χ3n) is 3.18. The largest absolute Gasteiger partial charge is 0.395 e. The second kappa shape index (κ2) is 7.07. The number of aliphatic hydroxyl groups excluding tert-OH is 2. The van der Waals surface area contributed by atoms with Crippen molar-refractivity contribution in [2.45, 2.75) is 44.2 Å². The van der Waals surface area contributed by atoms with E-state index in [1.54, 1.807) is 12.1 Å². The Morgan fingerprint density at radius 1 is 1.29 bits per heavy atom. The van der Waals surface area contributed by atoms with E-state index in [-0.39, 0.29) is 16.3 Å². The summed E-state index contributed by atoms with van der Waals surface area (Å²) in [6.07, 6.45) is -0.632. The van der Waals surface area contributed by atoms with Crippen LogP contribution in [0.1, 0.15) is 27.2 Å². The summed E-state index contributed by atoms with van der Waals surface area (Å²) in [5.41, 5.74) is -0.400. The highest BCUT2D eigenvalue weighted by Gasteiger charge is 2.28. The first-order chi connectivity index (χ1) is 9.58. The van der Waals surface area contributed by atoms with Crippen molar-refractivity contribution in [3.8, 4) is 0 Å². The van der Waals surface area contributed by atoms with Crippen LogP contribution < -0.4 is 4.72 Å². The maximum absolute atomic E-state index is 12.3. The van der Waals surface area contributed by atoms with Gasteiger partial charge in [0.2, 0.25) is 10.0 Å². The van der Waals surface area contributed by atoms with Crippen molar-refractivity contribution in [1.29, 1.82) is 0 Å². The summed E-state index contributed by atoms with van der Waals surface area (Å²) in [6.45, 7) is 5.12. The average Bonchev–Trinajstić information content (AvgIpc) is 2.36. The second-order valence-electron chi connectivity index (χ2n) is 6.05. The average molecular weight is 336 g/mol. The number of sulfonamides is 1. The zero-order valence-corrected chi connectivity index (χ0v) is 13.9. The summed E-state index contributed by atoms with van der Waals surface area (Å²) in [7, 11) is -3.85. The van der Waals surface area contributed by atoms with Crippen LogP contribution in [0.15, 0.2) is 29.2 Å². The Morgan fingerprint density at radius 3 is 2.33 bits per heavy atom. The van der Waals surface area contributed by atoms with E-state index in [1.165, 1.54) is 12.1 Å². The molecule has 0 saturated heterocycles. The van der Waals surface area contributed by atoms with Crippen molar-refractivity contribution >= 4 is 21.6 Å². The first-order valence-electron chi connectivity index (χ1n) is 6.63. The number of hydrogen-bond acceptors (Lipinski definition) is 4. The highest BCUT2D eigenvalue weighted by Crippen LogP contribution is 2.24. The normalized spacial score (nSPS) is 15.7. The molecule has 0 spiro atoms. The minimum absolute atomic E-state index is 0.0460. The maximum Gasteiger partial charge on any atom is 0.242 e. The molecule has 21 heavy (non-hydrogen) atoms. The molecule has 3 N–H and O–H groups in total. The van der Waals surface area contributed by atoms with Gasteiger partial charge in [0.15, 0.2) is 0 Å². The van der Waals surface area contributed by atoms with Crippen LogP contribution in [0.25, 0.3) is 0 Å². The van der Waals surface area contributed by atoms with Gasteiger partial charge in [-0.3, -0.25) is 0 Å². The zero-order chi connectivity index (χ0) is 16.3. The minimum atomic E-state index is -3.85. The van der Waals surface area contributed by atoms with Crippen LogP contribution >= 0.6 is 11.6 Å². The van der Waals surface area contributed by atoms with Crippen LogP contribution in [-0.4, -0.2) is 37.4 Å². The lowest BCUT2D eigenvalue weighted by Gasteiger charge is -2.29. The predicted octanol–water partition coefficient (Wildman–Crippen LogP) is 1.78. The fourth-order valence-electron chi connectivity index (χ4n) is 1.73. The van der Waals surface area contributed by atoms with E-state index in [2.05, 4.69) is 4.72 Å². The van der Waals surface area contributed by atoms with Gasteiger partial charge in [0.05, 0.1) is 17.7 Å². The van der Waals surface area contributed by atoms with E-state index >= 15 is 0 Å². The Kier molecular flexibility index (Phi) is 6.19. The molecule has 0 amide bonds. The van der Waals surface area contributed by atoms with E-state index in [9.17, 15) is 18.6 Å². The van der Waals surface area contributed by atoms with Crippen molar-refractivity contribution in [3.05, 3.63) is 29.3 Å². The summed E-state index contributed by atoms with van der Waals surface area (Å²) in [6, 6.07) is 5.29. The lowest BCUT2D eigenvalue weighted by molar-refractivity contribution is 0.0420. The molecule has 1 aromatic carbocycles. The number of benzene rings is 1. The Balaban J connectivity index is 2.89. The van der Waals surface area contributed by atoms with Crippen molar-refractivity contribution < 1.29 is 18.6 Å². The highest BCUT2D eigenvalue weighted by atomic mass is 35.5. The van der Waals surface area contributed by atoms with E-state index in [4.69, 9.17) is 11.6 Å². The van der Waals surface area contributed by atoms with E-state index in [0.29, 0.717) is 0 Å². The van der Waals surface area contributed by atoms with E-state index in [0.717, 1.165) is 0 Å². The molecule has 0 radical (unpaired) electrons. The molecule has 0 aliphatic rings. The quantitative estimate of drug-likeness (QED) is 0.739. The van der Waals surface area contributed by atoms with Crippen molar-refractivity contribution in [2.24, 2.45) is 5.41 Å². The van der Waals surface area contributed by atoms with Gasteiger partial charge < -0.3 is 10.2 Å². The maximum atomic E-state index is 12.3. The number of halogens is 1. The van der Waals surface area contributed by atoms with Gasteiger partial charge in [-0.25, -0.2) is 13.1 Å². The van der Waals surface area contributed by atoms with Crippen LogP contribution in [0.3, 0.4) is 0 Å². The van der Waals surface area contributed by atoms with Gasteiger partial charge in [-0.15, -0.1) is 0 Å². The molecular formula is C14H22ClNO4S. The first-order valence-corrected chi connectivity index (χ1v) is 8.50. The lowest BCUT2D eigenvalue weighted by atomic mass is 9.86. The molecule has 1 aromatic rings. The molecule has 0 unspecified atom stereocenters. The summed E-state index contributed by atoms with van der Waals surface area (Å²) in [5.74, 6) is 0. The standard InChI is InChI=1S/C14H22ClNO4S/c1-14(2,3)13(18)8-10(9-17)16-21(19,20)12-7-5-4-6-11(12)15/h4-7,10,13,16-18H,8-9H2,1-3H3/t10-,13+/m1/s1. The summed E-state index contributed by atoms with van der Waals surface area (Å²) in [4.78, 5) is -0.0460. The molecular weight excluding hydrogens is 314 g/mol. The minimum Gasteiger partial charge on any atom is -0.395 e. The van der Waals surface area contributed by atoms with Crippen molar-refractivity contribution in [1.82, 2.24) is 4.72 Å². The molecule has 0 bridgehead atoms. The number of hydrogen-bond donors (Lipinski definition) is 3. The van der Waals surface area contributed by atoms with Gasteiger partial charge in [-0.2, -0.15) is 0 Å². The lowest BCUT2D eigenvalue weighted by Crippen LogP contribution is -2.42. The van der Waals surface area contributed by atoms with Crippen molar-refractivity contribution in [3.63, 3.8) is 0 Å². The summed E-state index contributed by atoms with van der Waals surface area (Å²) >= 11 is 5.88. The molecule has 0 heterocycles. The molecule has 2 atom stereocenters. The fraction of sp³-hybridized carbons (Fsp3) is 0.571. The summed E-state index contributed by atoms with van der Waals surface area (Å²) in [5, 5.41) is 19.5. The predicted molar refractivity (Wildman–Crippen MR) is 82.7 cm³/mol. The molecule has 1 rings (SSSR count). The van der Waals surface area contributed by atoms with Gasteiger partial charge in [-0.05, 0) is 24.0 Å². The Bertz CT molecular complexity index is 569. The SMILES string of the molecule is CC(C)(C)[C@@H](O)C[C@H](CO)NS(=O)(=O)c1ccccc1Cl. The van der Waals surface area contributed by atoms with Gasteiger partial charge in [0.25, 0.3) is 0 Å². The molecule has 0 aliphatic carbocycles. The smallest absolute Gasteiger partial charge is 0.242 e. The Labute approximate surface area is 131 Å². The van der Waals surface area contributed by atoms with Crippen LogP contribution in [0.4, 0.5) is 0 Å². The molecule has 120 valence electrons. The molecule has 5 nitrogen and oxygen atoms in total. The van der Waals surface area contributed by atoms with Crippen molar-refractivity contribution in [2.75, 3.05) is 6.61 Å². The van der Waals surface area contributed by atoms with E-state index in [1.807, 2.05) is 20.8 Å². The molecule has 0 aliphatic heterocycles. The van der Waals surface area contributed by atoms with E-state index < -0.39 is 34.2 Å². The van der Waals surface area contributed by atoms with Crippen LogP contribution in [0.5, 0.6) is 0 Å². The fourth-order valence-corrected chi connectivity index (χ4v) is 3.49. The van der Waals surface area contributed by atoms with Crippen LogP contribution in [0.2, 0.25) is 5.02 Å². The van der Waals surface area contributed by atoms with Crippen LogP contribution in [-0.2, 0) is 10.0 Å². The van der Waals surface area contributed by atoms with Crippen LogP contribution in [0, 0.1) is 5.41 Å². The third-order valence-corrected chi connectivity index (χ3v) is 5.20. The van der Waals surface area contributed by atoms with Gasteiger partial charge >= 0.3 is 0 Å². The summed E-state index contributed by atoms with van der Waals surface area (Å²) < 4.78 is 26.9. The Hall–Kier alpha value is -0.660. The number of rotatable bonds is 6. The second-order valence-corrected chi connectivity index (χ2v) is 8.14. The molecule has 0 saturated carbocycles. The number of nitrogens with one attached hydrogen (secondary N) is 1. The first kappa shape index (κ1) is 18.4. The molecule has 0 fully saturated rings. The molecule has 0 aromatic heterocycles. The third kappa shape index (κ3) is 5.23. The monoisotopic (exact) mass is 335 g/mol. The zero-order valence-electron chi connectivity index (χ0n) is 12.4. The molecule has 7 heteroatoms. The van der Waals surface area contributed by atoms with Gasteiger partial charge in [-0.1, -0.05) is 44.5 Å². The van der Waals surface area contributed by atoms with Gasteiger partial charge in [0.1, 0.15) is 4.90 Å². The number of aliphatic hydroxyl groups is 2. The topological polar surface area (TPSA) is 86.6 Å². The highest BCUT2D eigenvalue weighted by molar-refractivity contribution is 7.89. The Morgan fingerprint density at radius 2 is 1.86 bits per heavy atom.